The summed E-state index contributed by atoms with van der Waals surface area (Å²) in [5.74, 6) is -0.727. The molecule has 0 atom stereocenters. The van der Waals surface area contributed by atoms with Gasteiger partial charge in [0.25, 0.3) is 5.91 Å². The van der Waals surface area contributed by atoms with E-state index in [1.165, 1.54) is 35.2 Å². The molecule has 4 heterocycles. The first-order valence-corrected chi connectivity index (χ1v) is 10.1. The van der Waals surface area contributed by atoms with Gasteiger partial charge in [0.1, 0.15) is 23.6 Å². The molecule has 0 saturated carbocycles. The van der Waals surface area contributed by atoms with Crippen molar-refractivity contribution < 1.29 is 13.6 Å². The number of nitrogens with one attached hydrogen (secondary N) is 1. The van der Waals surface area contributed by atoms with Gasteiger partial charge in [-0.05, 0) is 18.2 Å². The molecule has 0 fully saturated rings. The van der Waals surface area contributed by atoms with Crippen molar-refractivity contribution in [3.63, 3.8) is 0 Å². The van der Waals surface area contributed by atoms with E-state index in [1.807, 2.05) is 0 Å². The maximum Gasteiger partial charge on any atom is 0.274 e. The number of pyridine rings is 2. The first kappa shape index (κ1) is 22.6. The Balaban J connectivity index is 1.71. The van der Waals surface area contributed by atoms with Gasteiger partial charge in [0, 0.05) is 39.0 Å². The van der Waals surface area contributed by atoms with E-state index in [0.717, 1.165) is 0 Å². The molecule has 0 aliphatic heterocycles. The van der Waals surface area contributed by atoms with Crippen LogP contribution in [-0.4, -0.2) is 44.5 Å². The molecule has 0 unspecified atom stereocenters. The van der Waals surface area contributed by atoms with Crippen LogP contribution in [0.1, 0.15) is 16.2 Å². The van der Waals surface area contributed by atoms with Crippen molar-refractivity contribution in [2.45, 2.75) is 6.54 Å². The molecule has 0 aliphatic carbocycles. The minimum absolute atomic E-state index is 0.0563. The lowest BCUT2D eigenvalue weighted by atomic mass is 10.1. The topological polar surface area (TPSA) is 145 Å². The van der Waals surface area contributed by atoms with Gasteiger partial charge in [-0.3, -0.25) is 9.59 Å². The second-order valence-corrected chi connectivity index (χ2v) is 7.53. The van der Waals surface area contributed by atoms with Crippen LogP contribution in [0.4, 0.5) is 16.0 Å². The zero-order valence-corrected chi connectivity index (χ0v) is 18.6. The molecule has 0 aliphatic rings. The SMILES string of the molecule is CN(C)c1ccc(F)c(CNC(=O)c2nc(-c3ccc(=O)n(C)c3)c(-c3ncco3)nc2N)n1. The van der Waals surface area contributed by atoms with Crippen LogP contribution in [0, 0.1) is 5.82 Å². The van der Waals surface area contributed by atoms with Gasteiger partial charge < -0.3 is 24.9 Å². The third-order valence-corrected chi connectivity index (χ3v) is 4.91. The van der Waals surface area contributed by atoms with Gasteiger partial charge in [-0.2, -0.15) is 0 Å². The number of carbonyl (C=O) groups excluding carboxylic acids is 1. The van der Waals surface area contributed by atoms with Crippen LogP contribution < -0.4 is 21.5 Å². The van der Waals surface area contributed by atoms with Crippen molar-refractivity contribution in [2.24, 2.45) is 7.05 Å². The highest BCUT2D eigenvalue weighted by Crippen LogP contribution is 2.29. The number of aryl methyl sites for hydroxylation is 1. The Hall–Kier alpha value is -4.61. The quantitative estimate of drug-likeness (QED) is 0.435. The lowest BCUT2D eigenvalue weighted by molar-refractivity contribution is 0.0946. The molecule has 0 bridgehead atoms. The molecule has 4 aromatic heterocycles. The van der Waals surface area contributed by atoms with Crippen molar-refractivity contribution >= 4 is 17.5 Å². The third kappa shape index (κ3) is 4.46. The van der Waals surface area contributed by atoms with Gasteiger partial charge in [0.05, 0.1) is 18.4 Å². The molecule has 34 heavy (non-hydrogen) atoms. The van der Waals surface area contributed by atoms with E-state index in [1.54, 1.807) is 38.3 Å². The fourth-order valence-corrected chi connectivity index (χ4v) is 3.13. The summed E-state index contributed by atoms with van der Waals surface area (Å²) in [5.41, 5.74) is 6.61. The summed E-state index contributed by atoms with van der Waals surface area (Å²) in [7, 11) is 5.13. The summed E-state index contributed by atoms with van der Waals surface area (Å²) in [6.45, 7) is -0.190. The molecule has 4 aromatic rings. The van der Waals surface area contributed by atoms with Crippen molar-refractivity contribution in [3.8, 4) is 22.8 Å². The molecule has 0 saturated heterocycles. The Morgan fingerprint density at radius 1 is 1.18 bits per heavy atom. The van der Waals surface area contributed by atoms with Crippen LogP contribution >= 0.6 is 0 Å². The van der Waals surface area contributed by atoms with E-state index >= 15 is 0 Å². The van der Waals surface area contributed by atoms with Crippen LogP contribution in [0.2, 0.25) is 0 Å². The van der Waals surface area contributed by atoms with E-state index < -0.39 is 11.7 Å². The monoisotopic (exact) mass is 464 g/mol. The lowest BCUT2D eigenvalue weighted by Gasteiger charge is -2.14. The molecule has 4 rings (SSSR count). The zero-order valence-electron chi connectivity index (χ0n) is 18.6. The van der Waals surface area contributed by atoms with E-state index in [0.29, 0.717) is 11.4 Å². The number of aromatic nitrogens is 5. The van der Waals surface area contributed by atoms with Crippen molar-refractivity contribution in [1.29, 1.82) is 0 Å². The van der Waals surface area contributed by atoms with Crippen LogP contribution in [0.5, 0.6) is 0 Å². The number of nitrogens with two attached hydrogens (primary N) is 1. The summed E-state index contributed by atoms with van der Waals surface area (Å²) in [6, 6.07) is 5.72. The highest BCUT2D eigenvalue weighted by Gasteiger charge is 2.22. The highest BCUT2D eigenvalue weighted by molar-refractivity contribution is 5.97. The van der Waals surface area contributed by atoms with E-state index in [2.05, 4.69) is 25.3 Å². The van der Waals surface area contributed by atoms with Crippen molar-refractivity contribution in [1.82, 2.24) is 29.8 Å². The van der Waals surface area contributed by atoms with E-state index in [-0.39, 0.29) is 46.6 Å². The van der Waals surface area contributed by atoms with Crippen LogP contribution in [0.25, 0.3) is 22.8 Å². The molecule has 3 N–H and O–H groups in total. The molecule has 1 amide bonds. The Morgan fingerprint density at radius 3 is 2.65 bits per heavy atom. The van der Waals surface area contributed by atoms with Crippen molar-refractivity contribution in [2.75, 3.05) is 24.7 Å². The average Bonchev–Trinajstić information content (AvgIpc) is 3.34. The number of halogens is 1. The van der Waals surface area contributed by atoms with Gasteiger partial charge in [0.2, 0.25) is 11.4 Å². The van der Waals surface area contributed by atoms with Crippen LogP contribution in [-0.2, 0) is 13.6 Å². The van der Waals surface area contributed by atoms with Crippen LogP contribution in [0.15, 0.2) is 52.1 Å². The number of oxazole rings is 1. The standard InChI is InChI=1S/C22H21FN8O3/c1-30(2)15-6-5-13(23)14(27-15)10-26-21(33)19-20(24)29-18(22-25-8-9-34-22)17(28-19)12-4-7-16(32)31(3)11-12/h4-9,11H,10H2,1-3H3,(H2,24,29)(H,26,33). The summed E-state index contributed by atoms with van der Waals surface area (Å²) in [5, 5.41) is 2.58. The van der Waals surface area contributed by atoms with Crippen molar-refractivity contribution in [3.05, 3.63) is 70.5 Å². The van der Waals surface area contributed by atoms with Gasteiger partial charge in [-0.1, -0.05) is 0 Å². The zero-order chi connectivity index (χ0) is 24.4. The number of amides is 1. The first-order valence-electron chi connectivity index (χ1n) is 10.1. The molecule has 0 spiro atoms. The first-order chi connectivity index (χ1) is 16.2. The smallest absolute Gasteiger partial charge is 0.274 e. The second-order valence-electron chi connectivity index (χ2n) is 7.53. The number of hydrogen-bond acceptors (Lipinski definition) is 9. The Morgan fingerprint density at radius 2 is 1.97 bits per heavy atom. The Bertz CT molecular complexity index is 1420. The number of carbonyl (C=O) groups is 1. The summed E-state index contributed by atoms with van der Waals surface area (Å²) in [6.07, 6.45) is 4.34. The number of anilines is 2. The molecule has 174 valence electrons. The van der Waals surface area contributed by atoms with Gasteiger partial charge >= 0.3 is 0 Å². The fourth-order valence-electron chi connectivity index (χ4n) is 3.13. The van der Waals surface area contributed by atoms with E-state index in [9.17, 15) is 14.0 Å². The largest absolute Gasteiger partial charge is 0.443 e. The Kier molecular flexibility index (Phi) is 6.04. The minimum atomic E-state index is -0.675. The van der Waals surface area contributed by atoms with Crippen LogP contribution in [0.3, 0.4) is 0 Å². The average molecular weight is 464 g/mol. The predicted octanol–water partition coefficient (Wildman–Crippen LogP) is 1.61. The normalized spacial score (nSPS) is 10.8. The maximum atomic E-state index is 14.2. The number of rotatable bonds is 6. The maximum absolute atomic E-state index is 14.2. The second kappa shape index (κ2) is 9.10. The number of nitrogens with zero attached hydrogens (tertiary/aromatic N) is 6. The molecular formula is C22H21FN8O3. The van der Waals surface area contributed by atoms with Gasteiger partial charge in [-0.25, -0.2) is 24.3 Å². The molecule has 12 heteroatoms. The van der Waals surface area contributed by atoms with Gasteiger partial charge in [-0.15, -0.1) is 0 Å². The molecule has 11 nitrogen and oxygen atoms in total. The van der Waals surface area contributed by atoms with Gasteiger partial charge in [0.15, 0.2) is 17.2 Å². The molecular weight excluding hydrogens is 443 g/mol. The Labute approximate surface area is 193 Å². The third-order valence-electron chi connectivity index (χ3n) is 4.91. The summed E-state index contributed by atoms with van der Waals surface area (Å²) < 4.78 is 20.9. The minimum Gasteiger partial charge on any atom is -0.443 e. The predicted molar refractivity (Wildman–Crippen MR) is 122 cm³/mol. The molecule has 0 radical (unpaired) electrons. The van der Waals surface area contributed by atoms with E-state index in [4.69, 9.17) is 10.2 Å². The molecule has 0 aromatic carbocycles. The number of hydrogen-bond donors (Lipinski definition) is 2. The number of nitrogen functional groups attached to an aromatic ring is 1. The summed E-state index contributed by atoms with van der Waals surface area (Å²) in [4.78, 5) is 43.5. The summed E-state index contributed by atoms with van der Waals surface area (Å²) >= 11 is 0. The fraction of sp³-hybridized carbons (Fsp3) is 0.182. The lowest BCUT2D eigenvalue weighted by Crippen LogP contribution is -2.27. The highest BCUT2D eigenvalue weighted by atomic mass is 19.1.